The van der Waals surface area contributed by atoms with Gasteiger partial charge < -0.3 is 34.5 Å². The van der Waals surface area contributed by atoms with Gasteiger partial charge in [-0.3, -0.25) is 13.7 Å². The number of piperidine rings is 1. The first-order valence-corrected chi connectivity index (χ1v) is 16.3. The molecule has 37 heavy (non-hydrogen) atoms. The Hall–Kier alpha value is -2.01. The molecule has 2 fully saturated rings. The first kappa shape index (κ1) is 26.6. The molecular weight excluding hydrogens is 524 g/mol. The molecule has 3 aliphatic rings. The van der Waals surface area contributed by atoms with Crippen LogP contribution in [0.15, 0.2) is 17.8 Å². The van der Waals surface area contributed by atoms with Crippen LogP contribution in [0.2, 0.25) is 0 Å². The van der Waals surface area contributed by atoms with Gasteiger partial charge in [0.25, 0.3) is 0 Å². The molecule has 3 atom stereocenters. The van der Waals surface area contributed by atoms with E-state index in [9.17, 15) is 24.2 Å². The molecule has 1 aliphatic carbocycles. The van der Waals surface area contributed by atoms with Crippen LogP contribution >= 0.6 is 15.0 Å². The number of allylic oxidation sites excluding steroid dienone is 1. The minimum absolute atomic E-state index is 0.122. The highest BCUT2D eigenvalue weighted by Gasteiger charge is 2.41. The van der Waals surface area contributed by atoms with Gasteiger partial charge in [-0.1, -0.05) is 12.8 Å². The second-order valence-corrected chi connectivity index (χ2v) is 15.1. The maximum absolute atomic E-state index is 12.2. The van der Waals surface area contributed by atoms with Crippen molar-refractivity contribution in [2.45, 2.75) is 64.2 Å². The Bertz CT molecular complexity index is 1310. The van der Waals surface area contributed by atoms with E-state index in [2.05, 4.69) is 19.9 Å². The van der Waals surface area contributed by atoms with Crippen LogP contribution in [0.25, 0.3) is 11.2 Å². The van der Waals surface area contributed by atoms with Gasteiger partial charge >= 0.3 is 7.60 Å². The molecule has 2 unspecified atom stereocenters. The van der Waals surface area contributed by atoms with E-state index in [1.165, 1.54) is 36.6 Å². The quantitative estimate of drug-likeness (QED) is 0.313. The highest BCUT2D eigenvalue weighted by atomic mass is 31.2. The number of rotatable bonds is 7. The van der Waals surface area contributed by atoms with Gasteiger partial charge in [0, 0.05) is 25.7 Å². The summed E-state index contributed by atoms with van der Waals surface area (Å²) < 4.78 is 30.6. The molecule has 204 valence electrons. The van der Waals surface area contributed by atoms with E-state index in [0.29, 0.717) is 22.4 Å². The molecule has 15 heteroatoms. The summed E-state index contributed by atoms with van der Waals surface area (Å²) in [7, 11) is -8.88. The van der Waals surface area contributed by atoms with E-state index in [1.54, 1.807) is 6.92 Å². The number of fused-ring (bicyclic) bond motifs is 1. The summed E-state index contributed by atoms with van der Waals surface area (Å²) >= 11 is 0. The van der Waals surface area contributed by atoms with Crippen LogP contribution in [0, 0.1) is 12.3 Å². The third kappa shape index (κ3) is 5.44. The first-order valence-electron chi connectivity index (χ1n) is 12.4. The second kappa shape index (κ2) is 9.63. The van der Waals surface area contributed by atoms with Crippen molar-refractivity contribution in [3.8, 4) is 0 Å². The van der Waals surface area contributed by atoms with Crippen molar-refractivity contribution in [1.82, 2.24) is 19.5 Å². The maximum atomic E-state index is 12.2. The zero-order chi connectivity index (χ0) is 26.6. The molecule has 0 bridgehead atoms. The number of nitrogens with zero attached hydrogens (tertiary/aromatic N) is 5. The zero-order valence-electron chi connectivity index (χ0n) is 20.6. The highest BCUT2D eigenvalue weighted by molar-refractivity contribution is 7.72. The lowest BCUT2D eigenvalue weighted by Gasteiger charge is -2.40. The molecule has 2 aromatic rings. The van der Waals surface area contributed by atoms with Crippen LogP contribution in [0.1, 0.15) is 57.0 Å². The summed E-state index contributed by atoms with van der Waals surface area (Å²) in [6.07, 6.45) is 5.44. The Morgan fingerprint density at radius 3 is 2.43 bits per heavy atom. The largest absolute Gasteiger partial charge is 0.506 e. The lowest BCUT2D eigenvalue weighted by molar-refractivity contribution is -0.00731. The zero-order valence-corrected chi connectivity index (χ0v) is 22.4. The minimum atomic E-state index is -4.70. The highest BCUT2D eigenvalue weighted by Crippen LogP contribution is 2.55. The van der Waals surface area contributed by atoms with Crippen LogP contribution in [-0.4, -0.2) is 75.7 Å². The van der Waals surface area contributed by atoms with Crippen LogP contribution in [0.5, 0.6) is 0 Å². The predicted octanol–water partition coefficient (Wildman–Crippen LogP) is 2.75. The topological polar surface area (TPSA) is 191 Å². The Labute approximate surface area is 213 Å². The fourth-order valence-corrected chi connectivity index (χ4v) is 9.25. The van der Waals surface area contributed by atoms with E-state index < -0.39 is 45.1 Å². The van der Waals surface area contributed by atoms with Crippen molar-refractivity contribution in [3.63, 3.8) is 0 Å². The van der Waals surface area contributed by atoms with Crippen molar-refractivity contribution in [3.05, 3.63) is 23.7 Å². The van der Waals surface area contributed by atoms with Gasteiger partial charge in [-0.25, -0.2) is 15.0 Å². The van der Waals surface area contributed by atoms with Gasteiger partial charge in [0.2, 0.25) is 13.6 Å². The number of imidazole rings is 1. The van der Waals surface area contributed by atoms with Crippen molar-refractivity contribution in [2.75, 3.05) is 30.1 Å². The number of aliphatic hydroxyl groups is 2. The number of ether oxygens (including phenoxy) is 1. The first-order chi connectivity index (χ1) is 17.4. The van der Waals surface area contributed by atoms with Crippen LogP contribution in [-0.2, 0) is 13.9 Å². The molecule has 1 saturated heterocycles. The van der Waals surface area contributed by atoms with Crippen molar-refractivity contribution in [2.24, 2.45) is 5.41 Å². The lowest BCUT2D eigenvalue weighted by atomic mass is 9.77. The number of hydrogen-bond donors (Lipinski definition) is 5. The molecular formula is C22H33N5O8P2. The average Bonchev–Trinajstić information content (AvgIpc) is 3.50. The number of aromatic nitrogens is 4. The summed E-state index contributed by atoms with van der Waals surface area (Å²) in [4.78, 5) is 43.9. The number of hydrogen-bond acceptors (Lipinski definition) is 9. The van der Waals surface area contributed by atoms with Gasteiger partial charge in [0.05, 0.1) is 0 Å². The summed E-state index contributed by atoms with van der Waals surface area (Å²) in [5, 5.41) is 21.1. The second-order valence-electron chi connectivity index (χ2n) is 10.5. The van der Waals surface area contributed by atoms with E-state index in [1.807, 2.05) is 0 Å². The lowest BCUT2D eigenvalue weighted by Crippen LogP contribution is -2.39. The number of anilines is 1. The molecule has 0 radical (unpaired) electrons. The molecule has 1 spiro atoms. The average molecular weight is 557 g/mol. The Morgan fingerprint density at radius 2 is 1.78 bits per heavy atom. The van der Waals surface area contributed by atoms with Crippen molar-refractivity contribution >= 4 is 31.9 Å². The number of aryl methyl sites for hydroxylation is 1. The molecule has 13 nitrogen and oxygen atoms in total. The molecule has 4 heterocycles. The number of aliphatic hydroxyl groups excluding tert-OH is 2. The fraction of sp³-hybridized carbons (Fsp3) is 0.682. The standard InChI is InChI=1S/C22H33N5O8P2/c1-14-24-19(26-9-7-22(8-10-26)5-2-3-6-22)16-20(25-14)27(12-23-16)21-18(29)17(28)15(35-21)4-11-36(30,31)13-37(32,33)34/h12,18,21,28-29H,2-11,13H2,1H3,(H,30,31)(H2,32,33,34)/t18?,21-/m1/s1. The molecule has 0 amide bonds. The predicted molar refractivity (Wildman–Crippen MR) is 134 cm³/mol. The van der Waals surface area contributed by atoms with E-state index in [4.69, 9.17) is 14.5 Å². The molecule has 5 rings (SSSR count). The Kier molecular flexibility index (Phi) is 6.92. The Balaban J connectivity index is 1.35. The molecule has 2 aliphatic heterocycles. The molecule has 5 N–H and O–H groups in total. The summed E-state index contributed by atoms with van der Waals surface area (Å²) in [5.74, 6) is -0.551. The van der Waals surface area contributed by atoms with Crippen LogP contribution < -0.4 is 4.90 Å². The van der Waals surface area contributed by atoms with Crippen LogP contribution in [0.3, 0.4) is 0 Å². The smallest absolute Gasteiger partial charge is 0.335 e. The molecule has 0 aromatic carbocycles. The van der Waals surface area contributed by atoms with Gasteiger partial charge in [0.1, 0.15) is 23.8 Å². The van der Waals surface area contributed by atoms with E-state index >= 15 is 0 Å². The van der Waals surface area contributed by atoms with Crippen molar-refractivity contribution in [1.29, 1.82) is 0 Å². The normalized spacial score (nSPS) is 25.7. The Morgan fingerprint density at radius 1 is 1.11 bits per heavy atom. The third-order valence-corrected chi connectivity index (χ3v) is 11.9. The SMILES string of the molecule is Cc1nc(N2CCC3(CCCC3)CC2)c2ncn([C@@H]3OC(CCP(=O)(O)CP(=O)(O)O)=C(O)C3O)c2n1. The third-order valence-electron chi connectivity index (χ3n) is 7.77. The van der Waals surface area contributed by atoms with E-state index in [-0.39, 0.29) is 12.2 Å². The molecule has 2 aromatic heterocycles. The van der Waals surface area contributed by atoms with Gasteiger partial charge in [-0.05, 0) is 38.0 Å². The minimum Gasteiger partial charge on any atom is -0.506 e. The van der Waals surface area contributed by atoms with Gasteiger partial charge in [-0.2, -0.15) is 0 Å². The van der Waals surface area contributed by atoms with E-state index in [0.717, 1.165) is 31.7 Å². The van der Waals surface area contributed by atoms with Crippen molar-refractivity contribution < 1.29 is 38.8 Å². The summed E-state index contributed by atoms with van der Waals surface area (Å²) in [6.45, 7) is 3.53. The summed E-state index contributed by atoms with van der Waals surface area (Å²) in [5.41, 5.74) is 1.43. The van der Waals surface area contributed by atoms with Crippen LogP contribution in [0.4, 0.5) is 5.82 Å². The maximum Gasteiger partial charge on any atom is 0.335 e. The molecule has 1 saturated carbocycles. The monoisotopic (exact) mass is 557 g/mol. The fourth-order valence-electron chi connectivity index (χ4n) is 5.83. The summed E-state index contributed by atoms with van der Waals surface area (Å²) in [6, 6.07) is 0. The van der Waals surface area contributed by atoms with Gasteiger partial charge in [-0.15, -0.1) is 0 Å². The van der Waals surface area contributed by atoms with Gasteiger partial charge in [0.15, 0.2) is 28.8 Å².